The third kappa shape index (κ3) is 4.51. The zero-order valence-electron chi connectivity index (χ0n) is 19.0. The molecule has 1 heterocycles. The highest BCUT2D eigenvalue weighted by molar-refractivity contribution is 6.51. The number of nitrogens with zero attached hydrogens (tertiary/aromatic N) is 2. The number of benzene rings is 3. The lowest BCUT2D eigenvalue weighted by atomic mass is 9.94. The summed E-state index contributed by atoms with van der Waals surface area (Å²) in [6, 6.07) is 16.8. The first-order chi connectivity index (χ1) is 17.2. The van der Waals surface area contributed by atoms with Crippen LogP contribution < -0.4 is 9.64 Å². The Kier molecular flexibility index (Phi) is 6.51. The van der Waals surface area contributed by atoms with Gasteiger partial charge in [0.05, 0.1) is 30.1 Å². The van der Waals surface area contributed by atoms with Crippen molar-refractivity contribution in [3.63, 3.8) is 0 Å². The number of ether oxygens (including phenoxy) is 1. The summed E-state index contributed by atoms with van der Waals surface area (Å²) >= 11 is 0. The zero-order valence-corrected chi connectivity index (χ0v) is 19.0. The molecule has 0 saturated carbocycles. The number of anilines is 1. The van der Waals surface area contributed by atoms with Crippen molar-refractivity contribution < 1.29 is 34.3 Å². The number of rotatable bonds is 7. The van der Waals surface area contributed by atoms with Crippen molar-refractivity contribution in [2.45, 2.75) is 12.5 Å². The fourth-order valence-corrected chi connectivity index (χ4v) is 4.10. The molecule has 0 radical (unpaired) electrons. The van der Waals surface area contributed by atoms with Gasteiger partial charge in [-0.1, -0.05) is 36.4 Å². The first-order valence-electron chi connectivity index (χ1n) is 10.7. The molecule has 4 rings (SSSR count). The number of carboxylic acid groups (broad SMARTS) is 1. The molecule has 1 aliphatic rings. The summed E-state index contributed by atoms with van der Waals surface area (Å²) < 4.78 is 5.29. The van der Waals surface area contributed by atoms with Crippen molar-refractivity contribution >= 4 is 34.8 Å². The Balaban J connectivity index is 1.90. The number of aliphatic hydroxyl groups is 1. The van der Waals surface area contributed by atoms with Crippen LogP contribution in [0.1, 0.15) is 22.7 Å². The van der Waals surface area contributed by atoms with Crippen LogP contribution in [0.5, 0.6) is 5.75 Å². The van der Waals surface area contributed by atoms with Crippen molar-refractivity contribution in [3.8, 4) is 5.75 Å². The van der Waals surface area contributed by atoms with E-state index in [-0.39, 0.29) is 23.2 Å². The summed E-state index contributed by atoms with van der Waals surface area (Å²) in [5.41, 5.74) is 0.722. The lowest BCUT2D eigenvalue weighted by Gasteiger charge is -2.26. The van der Waals surface area contributed by atoms with Gasteiger partial charge in [0.25, 0.3) is 17.4 Å². The number of nitro benzene ring substituents is 1. The van der Waals surface area contributed by atoms with E-state index in [0.29, 0.717) is 22.6 Å². The molecule has 36 heavy (non-hydrogen) atoms. The lowest BCUT2D eigenvalue weighted by Crippen LogP contribution is -2.29. The molecule has 3 aromatic rings. The lowest BCUT2D eigenvalue weighted by molar-refractivity contribution is -0.384. The number of hydrogen-bond donors (Lipinski definition) is 2. The van der Waals surface area contributed by atoms with Gasteiger partial charge in [-0.25, -0.2) is 0 Å². The number of ketones is 1. The minimum absolute atomic E-state index is 0.00639. The van der Waals surface area contributed by atoms with Crippen molar-refractivity contribution in [3.05, 3.63) is 105 Å². The molecule has 1 amide bonds. The number of Topliss-reactive ketones (excluding diaryl/α,β-unsaturated/α-hetero) is 1. The number of amides is 1. The van der Waals surface area contributed by atoms with Crippen LogP contribution in [-0.2, 0) is 20.8 Å². The van der Waals surface area contributed by atoms with E-state index >= 15 is 0 Å². The maximum Gasteiger partial charge on any atom is 0.307 e. The van der Waals surface area contributed by atoms with E-state index in [1.165, 1.54) is 54.5 Å². The summed E-state index contributed by atoms with van der Waals surface area (Å²) in [5.74, 6) is -3.01. The number of carbonyl (C=O) groups excluding carboxylic acids is 2. The van der Waals surface area contributed by atoms with Gasteiger partial charge in [0.1, 0.15) is 11.5 Å². The normalized spacial score (nSPS) is 16.7. The van der Waals surface area contributed by atoms with Crippen molar-refractivity contribution in [2.75, 3.05) is 12.0 Å². The van der Waals surface area contributed by atoms with Crippen molar-refractivity contribution in [1.29, 1.82) is 0 Å². The maximum absolute atomic E-state index is 13.2. The Labute approximate surface area is 204 Å². The molecule has 1 fully saturated rings. The van der Waals surface area contributed by atoms with E-state index in [1.807, 2.05) is 0 Å². The Hall–Kier alpha value is -4.99. The topological polar surface area (TPSA) is 147 Å². The van der Waals surface area contributed by atoms with Crippen LogP contribution in [0.2, 0.25) is 0 Å². The van der Waals surface area contributed by atoms with E-state index in [1.54, 1.807) is 24.3 Å². The van der Waals surface area contributed by atoms with Crippen molar-refractivity contribution in [1.82, 2.24) is 0 Å². The predicted molar refractivity (Wildman–Crippen MR) is 129 cm³/mol. The summed E-state index contributed by atoms with van der Waals surface area (Å²) in [4.78, 5) is 49.3. The SMILES string of the molecule is COc1cccc(C2/C(=C(/O)c3cccc([N+](=O)[O-])c3)C(=O)C(=O)N2c2ccc(CC(=O)O)cc2)c1. The van der Waals surface area contributed by atoms with Crippen LogP contribution in [0.15, 0.2) is 78.4 Å². The van der Waals surface area contributed by atoms with Gasteiger partial charge in [-0.05, 0) is 35.4 Å². The molecule has 3 aromatic carbocycles. The molecule has 2 N–H and O–H groups in total. The van der Waals surface area contributed by atoms with Crippen LogP contribution >= 0.6 is 0 Å². The van der Waals surface area contributed by atoms with E-state index in [4.69, 9.17) is 9.84 Å². The number of nitro groups is 1. The van der Waals surface area contributed by atoms with Gasteiger partial charge in [0.15, 0.2) is 0 Å². The molecule has 0 spiro atoms. The molecule has 0 bridgehead atoms. The molecular formula is C26H20N2O8. The Bertz CT molecular complexity index is 1410. The van der Waals surface area contributed by atoms with E-state index < -0.39 is 34.4 Å². The number of non-ortho nitro benzene ring substituents is 1. The van der Waals surface area contributed by atoms with Crippen LogP contribution in [0.3, 0.4) is 0 Å². The number of carboxylic acids is 1. The van der Waals surface area contributed by atoms with Gasteiger partial charge in [-0.15, -0.1) is 0 Å². The standard InChI is InChI=1S/C26H20N2O8/c1-36-20-7-3-4-16(14-20)23-22(24(31)17-5-2-6-19(13-17)28(34)35)25(32)26(33)27(23)18-10-8-15(9-11-18)12-21(29)30/h2-11,13-14,23,31H,12H2,1H3,(H,29,30)/b24-22-. The van der Waals surface area contributed by atoms with Gasteiger partial charge >= 0.3 is 5.97 Å². The maximum atomic E-state index is 13.2. The molecule has 182 valence electrons. The van der Waals surface area contributed by atoms with Crippen LogP contribution in [0.25, 0.3) is 5.76 Å². The summed E-state index contributed by atoms with van der Waals surface area (Å²) in [5, 5.41) is 31.4. The molecule has 1 atom stereocenters. The van der Waals surface area contributed by atoms with Gasteiger partial charge in [-0.3, -0.25) is 29.4 Å². The third-order valence-corrected chi connectivity index (χ3v) is 5.75. The Morgan fingerprint density at radius 3 is 2.36 bits per heavy atom. The van der Waals surface area contributed by atoms with Crippen LogP contribution in [0, 0.1) is 10.1 Å². The van der Waals surface area contributed by atoms with Gasteiger partial charge < -0.3 is 14.9 Å². The van der Waals surface area contributed by atoms with E-state index in [2.05, 4.69) is 0 Å². The van der Waals surface area contributed by atoms with Gasteiger partial charge in [0.2, 0.25) is 0 Å². The summed E-state index contributed by atoms with van der Waals surface area (Å²) in [7, 11) is 1.46. The number of aliphatic carboxylic acids is 1. The fraction of sp³-hybridized carbons (Fsp3) is 0.115. The second kappa shape index (κ2) is 9.71. The third-order valence-electron chi connectivity index (χ3n) is 5.75. The number of carbonyl (C=O) groups is 3. The minimum atomic E-state index is -1.08. The van der Waals surface area contributed by atoms with Gasteiger partial charge in [-0.2, -0.15) is 0 Å². The molecule has 0 aromatic heterocycles. The highest BCUT2D eigenvalue weighted by atomic mass is 16.6. The largest absolute Gasteiger partial charge is 0.507 e. The molecular weight excluding hydrogens is 468 g/mol. The molecule has 10 nitrogen and oxygen atoms in total. The van der Waals surface area contributed by atoms with Gasteiger partial charge in [0, 0.05) is 23.4 Å². The second-order valence-electron chi connectivity index (χ2n) is 7.99. The van der Waals surface area contributed by atoms with E-state index in [9.17, 15) is 29.6 Å². The minimum Gasteiger partial charge on any atom is -0.507 e. The molecule has 10 heteroatoms. The molecule has 1 aliphatic heterocycles. The van der Waals surface area contributed by atoms with Crippen LogP contribution in [0.4, 0.5) is 11.4 Å². The average molecular weight is 488 g/mol. The van der Waals surface area contributed by atoms with Crippen LogP contribution in [-0.4, -0.2) is 39.9 Å². The van der Waals surface area contributed by atoms with E-state index in [0.717, 1.165) is 6.07 Å². The summed E-state index contributed by atoms with van der Waals surface area (Å²) in [6.07, 6.45) is -0.217. The average Bonchev–Trinajstić information content (AvgIpc) is 3.14. The summed E-state index contributed by atoms with van der Waals surface area (Å²) in [6.45, 7) is 0. The molecule has 1 unspecified atom stereocenters. The quantitative estimate of drug-likeness (QED) is 0.168. The second-order valence-corrected chi connectivity index (χ2v) is 7.99. The van der Waals surface area contributed by atoms with Crippen molar-refractivity contribution in [2.24, 2.45) is 0 Å². The first kappa shape index (κ1) is 24.1. The Morgan fingerprint density at radius 1 is 1.03 bits per heavy atom. The Morgan fingerprint density at radius 2 is 1.72 bits per heavy atom. The smallest absolute Gasteiger partial charge is 0.307 e. The highest BCUT2D eigenvalue weighted by Gasteiger charge is 2.47. The zero-order chi connectivity index (χ0) is 26.0. The predicted octanol–water partition coefficient (Wildman–Crippen LogP) is 3.86. The number of hydrogen-bond acceptors (Lipinski definition) is 7. The number of aliphatic hydroxyl groups excluding tert-OH is 1. The number of methoxy groups -OCH3 is 1. The monoisotopic (exact) mass is 488 g/mol. The fourth-order valence-electron chi connectivity index (χ4n) is 4.10. The molecule has 0 aliphatic carbocycles. The highest BCUT2D eigenvalue weighted by Crippen LogP contribution is 2.43. The molecule has 1 saturated heterocycles. The first-order valence-corrected chi connectivity index (χ1v) is 10.7.